The van der Waals surface area contributed by atoms with Crippen molar-refractivity contribution in [3.63, 3.8) is 0 Å². The number of nitrogens with one attached hydrogen (secondary N) is 2. The number of phenolic OH excluding ortho intramolecular Hbond substituents is 1. The molecule has 0 fully saturated rings. The number of hydrogen-bond donors (Lipinski definition) is 3. The Morgan fingerprint density at radius 1 is 0.898 bits per heavy atom. The van der Waals surface area contributed by atoms with Gasteiger partial charge >= 0.3 is 6.09 Å². The number of ether oxygens (including phenoxy) is 1. The SMILES string of the molecule is CC(C)C(C(=O)NC(Cc1ccc(O)c(C(C)(C)C)c1)CS(C)(=O)=O)N(C)C(=O)C(Cc1ccc(F)cc1)NC(=O)OCc1ccccc1. The number of aromatic hydroxyl groups is 1. The molecule has 0 aliphatic carbocycles. The van der Waals surface area contributed by atoms with Gasteiger partial charge in [-0.3, -0.25) is 9.59 Å². The van der Waals surface area contributed by atoms with Gasteiger partial charge in [0, 0.05) is 25.8 Å². The minimum absolute atomic E-state index is 0.00993. The van der Waals surface area contributed by atoms with Crippen molar-refractivity contribution in [2.45, 2.75) is 77.6 Å². The quantitative estimate of drug-likeness (QED) is 0.217. The van der Waals surface area contributed by atoms with E-state index in [0.717, 1.165) is 17.4 Å². The number of carbonyl (C=O) groups excluding carboxylic acids is 3. The molecule has 266 valence electrons. The van der Waals surface area contributed by atoms with Crippen molar-refractivity contribution >= 4 is 27.7 Å². The summed E-state index contributed by atoms with van der Waals surface area (Å²) in [7, 11) is -2.09. The van der Waals surface area contributed by atoms with Crippen molar-refractivity contribution in [3.05, 3.63) is 101 Å². The minimum atomic E-state index is -3.54. The van der Waals surface area contributed by atoms with Gasteiger partial charge in [0.2, 0.25) is 11.8 Å². The maximum Gasteiger partial charge on any atom is 0.408 e. The summed E-state index contributed by atoms with van der Waals surface area (Å²) in [6.07, 6.45) is 0.387. The molecule has 0 aliphatic rings. The second kappa shape index (κ2) is 16.8. The lowest BCUT2D eigenvalue weighted by Crippen LogP contribution is -2.58. The molecule has 3 N–H and O–H groups in total. The normalized spacial score (nSPS) is 13.7. The Hall–Kier alpha value is -4.45. The molecule has 0 heterocycles. The number of amides is 3. The summed E-state index contributed by atoms with van der Waals surface area (Å²) in [5, 5.41) is 15.9. The van der Waals surface area contributed by atoms with Crippen LogP contribution in [0.25, 0.3) is 0 Å². The fourth-order valence-electron chi connectivity index (χ4n) is 5.67. The van der Waals surface area contributed by atoms with Crippen molar-refractivity contribution in [3.8, 4) is 5.75 Å². The van der Waals surface area contributed by atoms with E-state index in [0.29, 0.717) is 11.1 Å². The molecule has 0 aromatic heterocycles. The van der Waals surface area contributed by atoms with Crippen LogP contribution in [0.2, 0.25) is 0 Å². The topological polar surface area (TPSA) is 142 Å². The Morgan fingerprint density at radius 2 is 1.51 bits per heavy atom. The molecular weight excluding hydrogens is 649 g/mol. The van der Waals surface area contributed by atoms with Crippen molar-refractivity contribution in [2.24, 2.45) is 5.92 Å². The maximum atomic E-state index is 14.0. The minimum Gasteiger partial charge on any atom is -0.508 e. The first kappa shape index (κ1) is 39.0. The van der Waals surface area contributed by atoms with E-state index in [-0.39, 0.29) is 36.4 Å². The first-order valence-corrected chi connectivity index (χ1v) is 18.2. The van der Waals surface area contributed by atoms with Crippen LogP contribution in [-0.2, 0) is 49.0 Å². The molecule has 3 aromatic carbocycles. The number of carbonyl (C=O) groups is 3. The molecule has 0 saturated heterocycles. The number of phenols is 1. The van der Waals surface area contributed by atoms with E-state index in [1.165, 1.54) is 36.2 Å². The second-order valence-electron chi connectivity index (χ2n) is 13.8. The van der Waals surface area contributed by atoms with E-state index in [4.69, 9.17) is 4.74 Å². The van der Waals surface area contributed by atoms with E-state index in [9.17, 15) is 32.3 Å². The summed E-state index contributed by atoms with van der Waals surface area (Å²) in [4.78, 5) is 42.0. The van der Waals surface area contributed by atoms with Crippen molar-refractivity contribution in [2.75, 3.05) is 19.1 Å². The third-order valence-corrected chi connectivity index (χ3v) is 9.03. The zero-order valence-electron chi connectivity index (χ0n) is 29.2. The summed E-state index contributed by atoms with van der Waals surface area (Å²) in [6.45, 7) is 9.32. The first-order valence-electron chi connectivity index (χ1n) is 16.1. The van der Waals surface area contributed by atoms with Gasteiger partial charge < -0.3 is 25.4 Å². The molecule has 3 amide bonds. The average Bonchev–Trinajstić information content (AvgIpc) is 3.00. The van der Waals surface area contributed by atoms with Gasteiger partial charge in [-0.2, -0.15) is 0 Å². The number of halogens is 1. The average molecular weight is 698 g/mol. The number of benzene rings is 3. The smallest absolute Gasteiger partial charge is 0.408 e. The molecule has 0 bridgehead atoms. The summed E-state index contributed by atoms with van der Waals surface area (Å²) in [5.41, 5.74) is 2.34. The van der Waals surface area contributed by atoms with E-state index in [2.05, 4.69) is 10.6 Å². The Labute approximate surface area is 289 Å². The predicted octanol–water partition coefficient (Wildman–Crippen LogP) is 4.92. The molecule has 3 rings (SSSR count). The first-order chi connectivity index (χ1) is 22.8. The van der Waals surface area contributed by atoms with Crippen LogP contribution in [0.4, 0.5) is 9.18 Å². The fraction of sp³-hybridized carbons (Fsp3) is 0.432. The lowest BCUT2D eigenvalue weighted by atomic mass is 9.85. The Balaban J connectivity index is 1.85. The van der Waals surface area contributed by atoms with Crippen molar-refractivity contribution in [1.29, 1.82) is 0 Å². The van der Waals surface area contributed by atoms with Gasteiger partial charge in [0.25, 0.3) is 0 Å². The van der Waals surface area contributed by atoms with E-state index in [1.807, 2.05) is 26.8 Å². The lowest BCUT2D eigenvalue weighted by molar-refractivity contribution is -0.142. The third-order valence-electron chi connectivity index (χ3n) is 8.02. The molecule has 3 atom stereocenters. The number of alkyl carbamates (subject to hydrolysis) is 1. The van der Waals surface area contributed by atoms with E-state index >= 15 is 0 Å². The molecule has 0 radical (unpaired) electrons. The highest BCUT2D eigenvalue weighted by Crippen LogP contribution is 2.31. The lowest BCUT2D eigenvalue weighted by Gasteiger charge is -2.34. The van der Waals surface area contributed by atoms with E-state index in [1.54, 1.807) is 56.3 Å². The number of likely N-dealkylation sites (N-methyl/N-ethyl adjacent to an activating group) is 1. The molecule has 49 heavy (non-hydrogen) atoms. The molecule has 10 nitrogen and oxygen atoms in total. The van der Waals surface area contributed by atoms with Crippen LogP contribution in [0.5, 0.6) is 5.75 Å². The van der Waals surface area contributed by atoms with Gasteiger partial charge in [-0.05, 0) is 58.2 Å². The Bertz CT molecular complexity index is 1690. The standard InChI is InChI=1S/C37H48FN3O7S/c1-24(2)33(34(43)39-29(23-49(7,46)47)19-27-15-18-32(42)30(20-27)37(3,4)5)41(6)35(44)31(21-25-13-16-28(38)17-14-25)40-36(45)48-22-26-11-9-8-10-12-26/h8-18,20,24,29,31,33,42H,19,21-23H2,1-7H3,(H,39,43)(H,40,45). The molecule has 3 aromatic rings. The van der Waals surface area contributed by atoms with Crippen molar-refractivity contribution in [1.82, 2.24) is 15.5 Å². The fourth-order valence-corrected chi connectivity index (χ4v) is 6.60. The largest absolute Gasteiger partial charge is 0.508 e. The van der Waals surface area contributed by atoms with Gasteiger partial charge in [0.05, 0.1) is 5.75 Å². The molecule has 12 heteroatoms. The van der Waals surface area contributed by atoms with Gasteiger partial charge in [0.15, 0.2) is 0 Å². The van der Waals surface area contributed by atoms with Crippen LogP contribution < -0.4 is 10.6 Å². The summed E-state index contributed by atoms with van der Waals surface area (Å²) < 4.78 is 43.9. The highest BCUT2D eigenvalue weighted by molar-refractivity contribution is 7.90. The zero-order valence-corrected chi connectivity index (χ0v) is 30.0. The van der Waals surface area contributed by atoms with Crippen LogP contribution in [0.1, 0.15) is 56.9 Å². The maximum absolute atomic E-state index is 14.0. The number of hydrogen-bond acceptors (Lipinski definition) is 7. The van der Waals surface area contributed by atoms with Crippen LogP contribution in [0.3, 0.4) is 0 Å². The third kappa shape index (κ3) is 12.2. The summed E-state index contributed by atoms with van der Waals surface area (Å²) in [6, 6.07) is 16.5. The van der Waals surface area contributed by atoms with Gasteiger partial charge in [-0.25, -0.2) is 17.6 Å². The number of rotatable bonds is 14. The van der Waals surface area contributed by atoms with Gasteiger partial charge in [0.1, 0.15) is 40.1 Å². The van der Waals surface area contributed by atoms with Crippen LogP contribution in [-0.4, -0.2) is 73.5 Å². The van der Waals surface area contributed by atoms with Crippen LogP contribution in [0.15, 0.2) is 72.8 Å². The predicted molar refractivity (Wildman–Crippen MR) is 187 cm³/mol. The highest BCUT2D eigenvalue weighted by atomic mass is 32.2. The highest BCUT2D eigenvalue weighted by Gasteiger charge is 2.35. The summed E-state index contributed by atoms with van der Waals surface area (Å²) in [5.74, 6) is -2.27. The Kier molecular flexibility index (Phi) is 13.4. The van der Waals surface area contributed by atoms with E-state index < -0.39 is 57.6 Å². The molecule has 0 spiro atoms. The van der Waals surface area contributed by atoms with Gasteiger partial charge in [-0.15, -0.1) is 0 Å². The summed E-state index contributed by atoms with van der Waals surface area (Å²) >= 11 is 0. The molecule has 0 aliphatic heterocycles. The molecular formula is C37H48FN3O7S. The van der Waals surface area contributed by atoms with Crippen LogP contribution >= 0.6 is 0 Å². The second-order valence-corrected chi connectivity index (χ2v) is 16.0. The van der Waals surface area contributed by atoms with Crippen LogP contribution in [0, 0.1) is 11.7 Å². The van der Waals surface area contributed by atoms with Gasteiger partial charge in [-0.1, -0.05) is 89.2 Å². The molecule has 0 saturated carbocycles. The molecule has 3 unspecified atom stereocenters. The number of nitrogens with zero attached hydrogens (tertiary/aromatic N) is 1. The zero-order chi connectivity index (χ0) is 36.5. The Morgan fingerprint density at radius 3 is 2.08 bits per heavy atom. The number of sulfone groups is 1. The monoisotopic (exact) mass is 697 g/mol. The van der Waals surface area contributed by atoms with Crippen molar-refractivity contribution < 1.29 is 37.0 Å².